The summed E-state index contributed by atoms with van der Waals surface area (Å²) in [6.45, 7) is 5.06. The van der Waals surface area contributed by atoms with Gasteiger partial charge in [0.2, 0.25) is 0 Å². The van der Waals surface area contributed by atoms with Crippen molar-refractivity contribution >= 4 is 0 Å². The first-order valence-electron chi connectivity index (χ1n) is 5.84. The highest BCUT2D eigenvalue weighted by atomic mass is 19.4. The lowest BCUT2D eigenvalue weighted by Gasteiger charge is -2.37. The molecule has 1 heterocycles. The van der Waals surface area contributed by atoms with E-state index in [0.717, 1.165) is 12.1 Å². The lowest BCUT2D eigenvalue weighted by molar-refractivity contribution is -0.137. The fourth-order valence-corrected chi connectivity index (χ4v) is 2.07. The molecule has 0 amide bonds. The van der Waals surface area contributed by atoms with Crippen molar-refractivity contribution in [3.8, 4) is 0 Å². The highest BCUT2D eigenvalue weighted by molar-refractivity contribution is 5.28. The van der Waals surface area contributed by atoms with Gasteiger partial charge in [-0.05, 0) is 31.5 Å². The van der Waals surface area contributed by atoms with Crippen LogP contribution in [0.2, 0.25) is 0 Å². The van der Waals surface area contributed by atoms with Gasteiger partial charge in [-0.1, -0.05) is 12.1 Å². The number of rotatable bonds is 1. The molecule has 2 rings (SSSR count). The third-order valence-corrected chi connectivity index (χ3v) is 2.93. The zero-order valence-electron chi connectivity index (χ0n) is 10.3. The first kappa shape index (κ1) is 13.4. The molecule has 0 radical (unpaired) electrons. The Morgan fingerprint density at radius 1 is 1.33 bits per heavy atom. The van der Waals surface area contributed by atoms with Gasteiger partial charge in [0.05, 0.1) is 17.3 Å². The molecule has 1 aromatic carbocycles. The van der Waals surface area contributed by atoms with Crippen LogP contribution in [-0.2, 0) is 10.9 Å². The number of ether oxygens (including phenoxy) is 1. The minimum absolute atomic E-state index is 0.337. The molecule has 5 heteroatoms. The third-order valence-electron chi connectivity index (χ3n) is 2.93. The van der Waals surface area contributed by atoms with E-state index in [1.54, 1.807) is 6.07 Å². The van der Waals surface area contributed by atoms with E-state index in [9.17, 15) is 13.2 Å². The second-order valence-corrected chi connectivity index (χ2v) is 5.12. The van der Waals surface area contributed by atoms with Crippen molar-refractivity contribution in [1.29, 1.82) is 0 Å². The van der Waals surface area contributed by atoms with Crippen molar-refractivity contribution in [2.45, 2.75) is 31.7 Å². The summed E-state index contributed by atoms with van der Waals surface area (Å²) >= 11 is 0. The van der Waals surface area contributed by atoms with Crippen LogP contribution in [0.25, 0.3) is 0 Å². The zero-order chi connectivity index (χ0) is 13.4. The Kier molecular flexibility index (Phi) is 3.38. The van der Waals surface area contributed by atoms with Crippen LogP contribution in [0.1, 0.15) is 31.1 Å². The van der Waals surface area contributed by atoms with Gasteiger partial charge >= 0.3 is 6.18 Å². The molecule has 18 heavy (non-hydrogen) atoms. The largest absolute Gasteiger partial charge is 0.416 e. The van der Waals surface area contributed by atoms with Gasteiger partial charge in [0.25, 0.3) is 0 Å². The highest BCUT2D eigenvalue weighted by Gasteiger charge is 2.33. The maximum absolute atomic E-state index is 12.6. The van der Waals surface area contributed by atoms with E-state index in [0.29, 0.717) is 18.7 Å². The number of hydrogen-bond acceptors (Lipinski definition) is 2. The SMILES string of the molecule is CC1(C)CNC[C@H](c2cccc(C(F)(F)F)c2)O1. The Bertz CT molecular complexity index is 428. The summed E-state index contributed by atoms with van der Waals surface area (Å²) in [6, 6.07) is 5.32. The van der Waals surface area contributed by atoms with E-state index in [4.69, 9.17) is 4.74 Å². The van der Waals surface area contributed by atoms with Crippen LogP contribution >= 0.6 is 0 Å². The van der Waals surface area contributed by atoms with Crippen molar-refractivity contribution < 1.29 is 17.9 Å². The molecule has 1 fully saturated rings. The van der Waals surface area contributed by atoms with Crippen LogP contribution in [-0.4, -0.2) is 18.7 Å². The molecule has 1 aliphatic heterocycles. The second-order valence-electron chi connectivity index (χ2n) is 5.12. The van der Waals surface area contributed by atoms with E-state index >= 15 is 0 Å². The predicted molar refractivity (Wildman–Crippen MR) is 62.2 cm³/mol. The van der Waals surface area contributed by atoms with E-state index in [-0.39, 0.29) is 11.7 Å². The molecule has 1 N–H and O–H groups in total. The van der Waals surface area contributed by atoms with Crippen molar-refractivity contribution in [3.63, 3.8) is 0 Å². The molecule has 0 aliphatic carbocycles. The smallest absolute Gasteiger partial charge is 0.365 e. The molecule has 1 atom stereocenters. The van der Waals surface area contributed by atoms with Crippen molar-refractivity contribution in [2.75, 3.05) is 13.1 Å². The van der Waals surface area contributed by atoms with Crippen molar-refractivity contribution in [3.05, 3.63) is 35.4 Å². The average molecular weight is 259 g/mol. The molecule has 0 saturated carbocycles. The first-order chi connectivity index (χ1) is 8.28. The number of nitrogens with one attached hydrogen (secondary N) is 1. The van der Waals surface area contributed by atoms with Gasteiger partial charge in [0.15, 0.2) is 0 Å². The van der Waals surface area contributed by atoms with E-state index in [1.165, 1.54) is 6.07 Å². The molecule has 100 valence electrons. The highest BCUT2D eigenvalue weighted by Crippen LogP contribution is 2.33. The van der Waals surface area contributed by atoms with Gasteiger partial charge < -0.3 is 10.1 Å². The molecule has 0 spiro atoms. The summed E-state index contributed by atoms with van der Waals surface area (Å²) in [5.41, 5.74) is -0.436. The van der Waals surface area contributed by atoms with E-state index in [1.807, 2.05) is 13.8 Å². The van der Waals surface area contributed by atoms with Gasteiger partial charge in [-0.25, -0.2) is 0 Å². The number of halogens is 3. The summed E-state index contributed by atoms with van der Waals surface area (Å²) in [5.74, 6) is 0. The Labute approximate surface area is 104 Å². The summed E-state index contributed by atoms with van der Waals surface area (Å²) in [5, 5.41) is 3.18. The number of alkyl halides is 3. The lowest BCUT2D eigenvalue weighted by Crippen LogP contribution is -2.46. The molecule has 0 unspecified atom stereocenters. The summed E-state index contributed by atoms with van der Waals surface area (Å²) in [4.78, 5) is 0. The monoisotopic (exact) mass is 259 g/mol. The molecular formula is C13H16F3NO. The minimum atomic E-state index is -4.31. The fraction of sp³-hybridized carbons (Fsp3) is 0.538. The Balaban J connectivity index is 2.23. The minimum Gasteiger partial charge on any atom is -0.365 e. The van der Waals surface area contributed by atoms with Gasteiger partial charge in [0.1, 0.15) is 0 Å². The molecule has 0 aromatic heterocycles. The molecular weight excluding hydrogens is 243 g/mol. The van der Waals surface area contributed by atoms with E-state index < -0.39 is 11.7 Å². The topological polar surface area (TPSA) is 21.3 Å². The van der Waals surface area contributed by atoms with Crippen LogP contribution in [0, 0.1) is 0 Å². The normalized spacial score (nSPS) is 23.9. The van der Waals surface area contributed by atoms with Gasteiger partial charge in [-0.15, -0.1) is 0 Å². The molecule has 0 bridgehead atoms. The van der Waals surface area contributed by atoms with Crippen LogP contribution in [0.15, 0.2) is 24.3 Å². The zero-order valence-corrected chi connectivity index (χ0v) is 10.3. The van der Waals surface area contributed by atoms with Crippen LogP contribution < -0.4 is 5.32 Å². The van der Waals surface area contributed by atoms with Crippen molar-refractivity contribution in [2.24, 2.45) is 0 Å². The summed E-state index contributed by atoms with van der Waals surface area (Å²) in [7, 11) is 0. The molecule has 2 nitrogen and oxygen atoms in total. The first-order valence-corrected chi connectivity index (χ1v) is 5.84. The van der Waals surface area contributed by atoms with Gasteiger partial charge in [-0.3, -0.25) is 0 Å². The van der Waals surface area contributed by atoms with Crippen LogP contribution in [0.3, 0.4) is 0 Å². The van der Waals surface area contributed by atoms with Crippen LogP contribution in [0.4, 0.5) is 13.2 Å². The molecule has 1 aromatic rings. The molecule has 1 aliphatic rings. The third kappa shape index (κ3) is 3.03. The predicted octanol–water partition coefficient (Wildman–Crippen LogP) is 3.14. The maximum atomic E-state index is 12.6. The van der Waals surface area contributed by atoms with Crippen molar-refractivity contribution in [1.82, 2.24) is 5.32 Å². The summed E-state index contributed by atoms with van der Waals surface area (Å²) < 4.78 is 43.7. The van der Waals surface area contributed by atoms with Gasteiger partial charge in [-0.2, -0.15) is 13.2 Å². The Morgan fingerprint density at radius 3 is 2.67 bits per heavy atom. The number of benzene rings is 1. The fourth-order valence-electron chi connectivity index (χ4n) is 2.07. The standard InChI is InChI=1S/C13H16F3NO/c1-12(2)8-17-7-11(18-12)9-4-3-5-10(6-9)13(14,15)16/h3-6,11,17H,7-8H2,1-2H3/t11-/m1/s1. The maximum Gasteiger partial charge on any atom is 0.416 e. The number of hydrogen-bond donors (Lipinski definition) is 1. The Hall–Kier alpha value is -1.07. The molecule has 1 saturated heterocycles. The van der Waals surface area contributed by atoms with E-state index in [2.05, 4.69) is 5.32 Å². The summed E-state index contributed by atoms with van der Waals surface area (Å²) in [6.07, 6.45) is -4.65. The number of morpholine rings is 1. The Morgan fingerprint density at radius 2 is 2.06 bits per heavy atom. The van der Waals surface area contributed by atoms with Crippen LogP contribution in [0.5, 0.6) is 0 Å². The quantitative estimate of drug-likeness (QED) is 0.836. The van der Waals surface area contributed by atoms with Gasteiger partial charge in [0, 0.05) is 13.1 Å². The average Bonchev–Trinajstić information content (AvgIpc) is 2.27. The lowest BCUT2D eigenvalue weighted by atomic mass is 10.0. The second kappa shape index (κ2) is 4.55.